The van der Waals surface area contributed by atoms with Crippen molar-refractivity contribution in [2.24, 2.45) is 17.1 Å². The van der Waals surface area contributed by atoms with Crippen LogP contribution in [0.5, 0.6) is 0 Å². The van der Waals surface area contributed by atoms with E-state index in [4.69, 9.17) is 5.73 Å². The highest BCUT2D eigenvalue weighted by atomic mass is 16.2. The maximum absolute atomic E-state index is 12.5. The van der Waals surface area contributed by atoms with E-state index in [0.29, 0.717) is 17.9 Å². The minimum Gasteiger partial charge on any atom is -0.369 e. The number of Topliss-reactive ketones (excluding diaryl/α,β-unsaturated/α-hetero) is 1. The third-order valence-corrected chi connectivity index (χ3v) is 4.02. The quantitative estimate of drug-likeness (QED) is 0.741. The van der Waals surface area contributed by atoms with E-state index in [-0.39, 0.29) is 5.78 Å². The lowest BCUT2D eigenvalue weighted by atomic mass is 9.78. The molecule has 17 heavy (non-hydrogen) atoms. The van der Waals surface area contributed by atoms with Crippen molar-refractivity contribution >= 4 is 11.7 Å². The van der Waals surface area contributed by atoms with Gasteiger partial charge in [0, 0.05) is 5.56 Å². The number of carbonyl (C=O) groups excluding carboxylic acids is 2. The van der Waals surface area contributed by atoms with Gasteiger partial charge in [-0.1, -0.05) is 24.3 Å². The second-order valence-electron chi connectivity index (χ2n) is 4.99. The smallest absolute Gasteiger partial charge is 0.231 e. The Labute approximate surface area is 100 Å². The Bertz CT molecular complexity index is 509. The summed E-state index contributed by atoms with van der Waals surface area (Å²) in [4.78, 5) is 24.2. The number of carbonyl (C=O) groups is 2. The molecule has 2 aliphatic rings. The normalized spacial score (nSPS) is 30.8. The van der Waals surface area contributed by atoms with Crippen molar-refractivity contribution < 1.29 is 9.59 Å². The molecule has 0 aromatic heterocycles. The van der Waals surface area contributed by atoms with Gasteiger partial charge in [0.2, 0.25) is 5.91 Å². The zero-order chi connectivity index (χ0) is 12.0. The van der Waals surface area contributed by atoms with Crippen LogP contribution in [0.4, 0.5) is 0 Å². The number of benzene rings is 1. The summed E-state index contributed by atoms with van der Waals surface area (Å²) in [5.74, 6) is -0.308. The standard InChI is InChI=1S/C14H14NO2/c15-13(17)14-6-5-9(8-14)7-10-3-1-2-4-11(10)12(14)16/h1-4,8-9H,5-7H2,(H2,15,17). The molecule has 1 radical (unpaired) electrons. The maximum Gasteiger partial charge on any atom is 0.231 e. The average Bonchev–Trinajstić information content (AvgIpc) is 2.68. The van der Waals surface area contributed by atoms with Gasteiger partial charge in [0.1, 0.15) is 5.41 Å². The fraction of sp³-hybridized carbons (Fsp3) is 0.357. The fourth-order valence-electron chi connectivity index (χ4n) is 3.09. The number of hydrogen-bond acceptors (Lipinski definition) is 2. The molecule has 1 aromatic carbocycles. The van der Waals surface area contributed by atoms with Crippen molar-refractivity contribution in [2.75, 3.05) is 0 Å². The topological polar surface area (TPSA) is 60.2 Å². The Morgan fingerprint density at radius 2 is 2.12 bits per heavy atom. The molecule has 3 heteroatoms. The van der Waals surface area contributed by atoms with Crippen molar-refractivity contribution in [3.8, 4) is 0 Å². The first-order valence-corrected chi connectivity index (χ1v) is 5.92. The first kappa shape index (κ1) is 10.5. The minimum atomic E-state index is -1.04. The number of fused-ring (bicyclic) bond motifs is 3. The number of rotatable bonds is 1. The zero-order valence-corrected chi connectivity index (χ0v) is 9.48. The van der Waals surface area contributed by atoms with Gasteiger partial charge < -0.3 is 5.73 Å². The van der Waals surface area contributed by atoms with Gasteiger partial charge in [-0.25, -0.2) is 0 Å². The number of hydrogen-bond donors (Lipinski definition) is 1. The van der Waals surface area contributed by atoms with E-state index < -0.39 is 11.3 Å². The number of amides is 1. The molecular weight excluding hydrogens is 214 g/mol. The Balaban J connectivity index is 2.18. The number of primary amides is 1. The number of ketones is 1. The van der Waals surface area contributed by atoms with Gasteiger partial charge in [-0.3, -0.25) is 9.59 Å². The highest BCUT2D eigenvalue weighted by Crippen LogP contribution is 2.47. The molecule has 1 fully saturated rings. The van der Waals surface area contributed by atoms with E-state index in [1.807, 2.05) is 24.6 Å². The van der Waals surface area contributed by atoms with Gasteiger partial charge in [-0.05, 0) is 37.2 Å². The van der Waals surface area contributed by atoms with Gasteiger partial charge in [0.25, 0.3) is 0 Å². The summed E-state index contributed by atoms with van der Waals surface area (Å²) in [6.07, 6.45) is 4.18. The summed E-state index contributed by atoms with van der Waals surface area (Å²) in [6.45, 7) is 0. The van der Waals surface area contributed by atoms with E-state index in [9.17, 15) is 9.59 Å². The third-order valence-electron chi connectivity index (χ3n) is 4.02. The first-order valence-electron chi connectivity index (χ1n) is 5.92. The summed E-state index contributed by atoms with van der Waals surface area (Å²) < 4.78 is 0. The van der Waals surface area contributed by atoms with Crippen LogP contribution in [-0.2, 0) is 11.2 Å². The van der Waals surface area contributed by atoms with E-state index in [1.165, 1.54) is 0 Å². The molecule has 0 aliphatic heterocycles. The molecule has 1 aromatic rings. The molecule has 1 amide bonds. The zero-order valence-electron chi connectivity index (χ0n) is 9.48. The SMILES string of the molecule is NC(=O)C12[CH]C(CC1)Cc1ccccc1C2=O. The highest BCUT2D eigenvalue weighted by molar-refractivity contribution is 6.16. The summed E-state index contributed by atoms with van der Waals surface area (Å²) in [5.41, 5.74) is 6.14. The molecule has 1 saturated carbocycles. The van der Waals surface area contributed by atoms with E-state index >= 15 is 0 Å². The fourth-order valence-corrected chi connectivity index (χ4v) is 3.09. The summed E-state index contributed by atoms with van der Waals surface area (Å²) in [6, 6.07) is 7.54. The second-order valence-corrected chi connectivity index (χ2v) is 4.99. The van der Waals surface area contributed by atoms with Crippen LogP contribution in [0.2, 0.25) is 0 Å². The Morgan fingerprint density at radius 1 is 1.35 bits per heavy atom. The van der Waals surface area contributed by atoms with Crippen molar-refractivity contribution in [3.05, 3.63) is 41.8 Å². The Kier molecular flexibility index (Phi) is 2.12. The van der Waals surface area contributed by atoms with Gasteiger partial charge >= 0.3 is 0 Å². The molecule has 3 rings (SSSR count). The maximum atomic E-state index is 12.5. The van der Waals surface area contributed by atoms with Crippen LogP contribution in [0.3, 0.4) is 0 Å². The van der Waals surface area contributed by atoms with Crippen LogP contribution >= 0.6 is 0 Å². The van der Waals surface area contributed by atoms with Crippen molar-refractivity contribution in [2.45, 2.75) is 19.3 Å². The minimum absolute atomic E-state index is 0.111. The molecule has 87 valence electrons. The third kappa shape index (κ3) is 1.35. The predicted molar refractivity (Wildman–Crippen MR) is 63.1 cm³/mol. The summed E-state index contributed by atoms with van der Waals surface area (Å²) >= 11 is 0. The van der Waals surface area contributed by atoms with E-state index in [0.717, 1.165) is 18.4 Å². The van der Waals surface area contributed by atoms with E-state index in [1.54, 1.807) is 6.07 Å². The Morgan fingerprint density at radius 3 is 2.88 bits per heavy atom. The molecule has 0 spiro atoms. The van der Waals surface area contributed by atoms with Crippen molar-refractivity contribution in [1.29, 1.82) is 0 Å². The lowest BCUT2D eigenvalue weighted by Crippen LogP contribution is -2.42. The number of nitrogens with two attached hydrogens (primary N) is 1. The van der Waals surface area contributed by atoms with Gasteiger partial charge in [0.05, 0.1) is 0 Å². The predicted octanol–water partition coefficient (Wildman–Crippen LogP) is 1.51. The van der Waals surface area contributed by atoms with Crippen LogP contribution in [-0.4, -0.2) is 11.7 Å². The van der Waals surface area contributed by atoms with Gasteiger partial charge in [-0.15, -0.1) is 0 Å². The highest BCUT2D eigenvalue weighted by Gasteiger charge is 2.52. The molecule has 2 atom stereocenters. The van der Waals surface area contributed by atoms with E-state index in [2.05, 4.69) is 0 Å². The molecule has 2 unspecified atom stereocenters. The monoisotopic (exact) mass is 228 g/mol. The summed E-state index contributed by atoms with van der Waals surface area (Å²) in [7, 11) is 0. The van der Waals surface area contributed by atoms with Crippen LogP contribution in [0.1, 0.15) is 28.8 Å². The molecule has 0 saturated heterocycles. The average molecular weight is 228 g/mol. The van der Waals surface area contributed by atoms with Gasteiger partial charge in [0.15, 0.2) is 5.78 Å². The van der Waals surface area contributed by atoms with Crippen LogP contribution < -0.4 is 5.73 Å². The lowest BCUT2D eigenvalue weighted by Gasteiger charge is -2.23. The van der Waals surface area contributed by atoms with Crippen molar-refractivity contribution in [1.82, 2.24) is 0 Å². The van der Waals surface area contributed by atoms with Crippen LogP contribution in [0.15, 0.2) is 24.3 Å². The molecule has 2 bridgehead atoms. The Hall–Kier alpha value is -1.64. The van der Waals surface area contributed by atoms with Crippen LogP contribution in [0.25, 0.3) is 0 Å². The van der Waals surface area contributed by atoms with Crippen molar-refractivity contribution in [3.63, 3.8) is 0 Å². The first-order chi connectivity index (χ1) is 8.13. The van der Waals surface area contributed by atoms with Gasteiger partial charge in [-0.2, -0.15) is 0 Å². The largest absolute Gasteiger partial charge is 0.369 e. The van der Waals surface area contributed by atoms with Crippen LogP contribution in [0, 0.1) is 17.8 Å². The molecule has 2 N–H and O–H groups in total. The molecule has 2 aliphatic carbocycles. The molecule has 0 heterocycles. The second kappa shape index (κ2) is 3.42. The summed E-state index contributed by atoms with van der Waals surface area (Å²) in [5, 5.41) is 0. The molecular formula is C14H14NO2. The molecule has 3 nitrogen and oxygen atoms in total. The lowest BCUT2D eigenvalue weighted by molar-refractivity contribution is -0.123.